The highest BCUT2D eigenvalue weighted by molar-refractivity contribution is 5.82. The fourth-order valence-corrected chi connectivity index (χ4v) is 5.35. The van der Waals surface area contributed by atoms with Crippen molar-refractivity contribution in [1.82, 2.24) is 0 Å². The SMILES string of the molecule is C=C1CCC[C@@H]2CC=CC(C/C=C\C(=O)OC(C(O)/C=C/C3C=CCCCC3)C[C@@H]3OC3[C@@H](O)C1)O2. The van der Waals surface area contributed by atoms with Crippen LogP contribution < -0.4 is 0 Å². The van der Waals surface area contributed by atoms with Crippen LogP contribution in [0.15, 0.2) is 60.8 Å². The molecule has 0 amide bonds. The smallest absolute Gasteiger partial charge is 0.330 e. The maximum atomic E-state index is 12.6. The summed E-state index contributed by atoms with van der Waals surface area (Å²) in [5.41, 5.74) is 1.01. The molecule has 1 fully saturated rings. The molecule has 2 N–H and O–H groups in total. The first-order chi connectivity index (χ1) is 17.5. The maximum Gasteiger partial charge on any atom is 0.330 e. The lowest BCUT2D eigenvalue weighted by Crippen LogP contribution is -2.32. The summed E-state index contributed by atoms with van der Waals surface area (Å²) >= 11 is 0. The number of rotatable bonds is 3. The predicted octanol–water partition coefficient (Wildman–Crippen LogP) is 4.87. The van der Waals surface area contributed by atoms with E-state index in [-0.39, 0.29) is 30.3 Å². The number of allylic oxidation sites excluding steroid dienone is 3. The van der Waals surface area contributed by atoms with Crippen LogP contribution in [0.2, 0.25) is 0 Å². The molecule has 0 saturated carbocycles. The van der Waals surface area contributed by atoms with E-state index in [1.807, 2.05) is 12.2 Å². The fraction of sp³-hybridized carbons (Fsp3) is 0.633. The molecule has 0 radical (unpaired) electrons. The van der Waals surface area contributed by atoms with Crippen molar-refractivity contribution in [3.8, 4) is 0 Å². The highest BCUT2D eigenvalue weighted by Gasteiger charge is 2.46. The van der Waals surface area contributed by atoms with Crippen LogP contribution in [0.25, 0.3) is 0 Å². The average Bonchev–Trinajstić information content (AvgIpc) is 3.66. The first-order valence-corrected chi connectivity index (χ1v) is 13.7. The Kier molecular flexibility index (Phi) is 10.2. The van der Waals surface area contributed by atoms with Gasteiger partial charge in [0, 0.05) is 12.5 Å². The monoisotopic (exact) mass is 498 g/mol. The molecule has 36 heavy (non-hydrogen) atoms. The molecule has 3 heterocycles. The molecule has 0 aromatic heterocycles. The molecule has 198 valence electrons. The van der Waals surface area contributed by atoms with Gasteiger partial charge in [0.15, 0.2) is 0 Å². The van der Waals surface area contributed by atoms with Crippen molar-refractivity contribution in [3.63, 3.8) is 0 Å². The summed E-state index contributed by atoms with van der Waals surface area (Å²) < 4.78 is 17.6. The molecule has 1 saturated heterocycles. The molecule has 0 spiro atoms. The number of aliphatic hydroxyl groups excluding tert-OH is 2. The van der Waals surface area contributed by atoms with Crippen molar-refractivity contribution in [2.24, 2.45) is 5.92 Å². The van der Waals surface area contributed by atoms with E-state index in [1.165, 1.54) is 12.5 Å². The number of ether oxygens (including phenoxy) is 3. The van der Waals surface area contributed by atoms with E-state index in [9.17, 15) is 15.0 Å². The minimum Gasteiger partial charge on any atom is -0.456 e. The molecule has 0 aromatic rings. The zero-order valence-electron chi connectivity index (χ0n) is 21.3. The average molecular weight is 499 g/mol. The van der Waals surface area contributed by atoms with Gasteiger partial charge in [0.1, 0.15) is 18.3 Å². The van der Waals surface area contributed by atoms with Gasteiger partial charge in [-0.05, 0) is 63.7 Å². The first-order valence-electron chi connectivity index (χ1n) is 13.7. The topological polar surface area (TPSA) is 88.5 Å². The molecule has 0 aromatic carbocycles. The Labute approximate surface area is 215 Å². The van der Waals surface area contributed by atoms with Gasteiger partial charge in [-0.1, -0.05) is 61.1 Å². The van der Waals surface area contributed by atoms with Gasteiger partial charge in [-0.3, -0.25) is 0 Å². The van der Waals surface area contributed by atoms with E-state index in [0.717, 1.165) is 50.5 Å². The van der Waals surface area contributed by atoms with E-state index < -0.39 is 24.3 Å². The van der Waals surface area contributed by atoms with Crippen LogP contribution in [0, 0.1) is 5.92 Å². The quantitative estimate of drug-likeness (QED) is 0.328. The van der Waals surface area contributed by atoms with Gasteiger partial charge in [-0.2, -0.15) is 0 Å². The van der Waals surface area contributed by atoms with Crippen LogP contribution in [0.4, 0.5) is 0 Å². The predicted molar refractivity (Wildman–Crippen MR) is 139 cm³/mol. The van der Waals surface area contributed by atoms with Gasteiger partial charge in [0.25, 0.3) is 0 Å². The standard InChI is InChI=1S/C30H42O6/c1-21-9-6-12-23-13-7-14-24(34-23)15-8-16-29(33)35-27(20-28-30(36-28)26(32)19-21)25(31)18-17-22-10-4-2-3-5-11-22/h4,7-8,10,14,16-18,22-28,30-32H,1-3,5-6,9,11-13,15,19-20H2/b16-8-,18-17+/t22?,23-,24?,25?,26+,27?,28+,30?/m1/s1. The number of esters is 1. The van der Waals surface area contributed by atoms with Crippen molar-refractivity contribution in [1.29, 1.82) is 0 Å². The molecular formula is C30H42O6. The molecule has 2 bridgehead atoms. The van der Waals surface area contributed by atoms with E-state index in [2.05, 4.69) is 24.8 Å². The fourth-order valence-electron chi connectivity index (χ4n) is 5.35. The van der Waals surface area contributed by atoms with E-state index >= 15 is 0 Å². The van der Waals surface area contributed by atoms with Gasteiger partial charge in [-0.25, -0.2) is 4.79 Å². The van der Waals surface area contributed by atoms with Crippen LogP contribution in [0.3, 0.4) is 0 Å². The number of epoxide rings is 1. The Bertz CT molecular complexity index is 858. The third kappa shape index (κ3) is 8.55. The highest BCUT2D eigenvalue weighted by Crippen LogP contribution is 2.34. The molecule has 4 aliphatic rings. The summed E-state index contributed by atoms with van der Waals surface area (Å²) in [7, 11) is 0. The molecular weight excluding hydrogens is 456 g/mol. The number of fused-ring (bicyclic) bond motifs is 3. The Morgan fingerprint density at radius 3 is 2.83 bits per heavy atom. The number of carbonyl (C=O) groups is 1. The summed E-state index contributed by atoms with van der Waals surface area (Å²) in [6.45, 7) is 4.15. The van der Waals surface area contributed by atoms with E-state index in [4.69, 9.17) is 14.2 Å². The molecule has 4 rings (SSSR count). The zero-order valence-corrected chi connectivity index (χ0v) is 21.3. The molecule has 5 unspecified atom stereocenters. The second kappa shape index (κ2) is 13.5. The lowest BCUT2D eigenvalue weighted by molar-refractivity contribution is -0.148. The van der Waals surface area contributed by atoms with E-state index in [0.29, 0.717) is 19.3 Å². The minimum absolute atomic E-state index is 0.0609. The van der Waals surface area contributed by atoms with Crippen molar-refractivity contribution in [2.75, 3.05) is 0 Å². The van der Waals surface area contributed by atoms with Crippen molar-refractivity contribution < 1.29 is 29.2 Å². The third-order valence-electron chi connectivity index (χ3n) is 7.50. The summed E-state index contributed by atoms with van der Waals surface area (Å²) in [6, 6.07) is 0. The molecule has 1 aliphatic carbocycles. The third-order valence-corrected chi connectivity index (χ3v) is 7.50. The summed E-state index contributed by atoms with van der Waals surface area (Å²) in [6.07, 6.45) is 22.2. The van der Waals surface area contributed by atoms with Crippen molar-refractivity contribution in [2.45, 2.75) is 113 Å². The highest BCUT2D eigenvalue weighted by atomic mass is 16.6. The largest absolute Gasteiger partial charge is 0.456 e. The Balaban J connectivity index is 1.43. The van der Waals surface area contributed by atoms with Crippen LogP contribution in [-0.2, 0) is 19.0 Å². The Hall–Kier alpha value is -1.99. The Morgan fingerprint density at radius 2 is 1.94 bits per heavy atom. The molecule has 3 aliphatic heterocycles. The van der Waals surface area contributed by atoms with Gasteiger partial charge < -0.3 is 24.4 Å². The maximum absolute atomic E-state index is 12.6. The molecule has 6 heteroatoms. The molecule has 8 atom stereocenters. The zero-order chi connectivity index (χ0) is 25.3. The van der Waals surface area contributed by atoms with Gasteiger partial charge in [-0.15, -0.1) is 0 Å². The van der Waals surface area contributed by atoms with Gasteiger partial charge in [0.05, 0.1) is 24.4 Å². The first kappa shape index (κ1) is 27.1. The number of hydrogen-bond donors (Lipinski definition) is 2. The number of aliphatic hydroxyl groups is 2. The summed E-state index contributed by atoms with van der Waals surface area (Å²) in [5.74, 6) is -0.215. The van der Waals surface area contributed by atoms with E-state index in [1.54, 1.807) is 12.2 Å². The minimum atomic E-state index is -0.952. The van der Waals surface area contributed by atoms with Gasteiger partial charge >= 0.3 is 5.97 Å². The van der Waals surface area contributed by atoms with Crippen LogP contribution in [0.5, 0.6) is 0 Å². The van der Waals surface area contributed by atoms with Crippen molar-refractivity contribution in [3.05, 3.63) is 60.8 Å². The molecule has 6 nitrogen and oxygen atoms in total. The number of cyclic esters (lactones) is 1. The number of hydrogen-bond acceptors (Lipinski definition) is 6. The Morgan fingerprint density at radius 1 is 1.06 bits per heavy atom. The van der Waals surface area contributed by atoms with Crippen LogP contribution in [-0.4, -0.2) is 58.9 Å². The van der Waals surface area contributed by atoms with Crippen LogP contribution in [0.1, 0.15) is 70.6 Å². The second-order valence-electron chi connectivity index (χ2n) is 10.6. The summed E-state index contributed by atoms with van der Waals surface area (Å²) in [5, 5.41) is 21.6. The normalized spacial score (nSPS) is 38.3. The second-order valence-corrected chi connectivity index (χ2v) is 10.6. The van der Waals surface area contributed by atoms with Gasteiger partial charge in [0.2, 0.25) is 0 Å². The van der Waals surface area contributed by atoms with Crippen molar-refractivity contribution >= 4 is 5.97 Å². The lowest BCUT2D eigenvalue weighted by Gasteiger charge is -2.25. The summed E-state index contributed by atoms with van der Waals surface area (Å²) in [4.78, 5) is 12.6. The number of carbonyl (C=O) groups excluding carboxylic acids is 1. The lowest BCUT2D eigenvalue weighted by atomic mass is 9.96. The van der Waals surface area contributed by atoms with Crippen LogP contribution >= 0.6 is 0 Å².